The molecule has 6 nitrogen and oxygen atoms in total. The zero-order valence-electron chi connectivity index (χ0n) is 21.7. The highest BCUT2D eigenvalue weighted by Gasteiger charge is 2.34. The second-order valence-electron chi connectivity index (χ2n) is 9.31. The zero-order chi connectivity index (χ0) is 25.5. The van der Waals surface area contributed by atoms with Gasteiger partial charge in [-0.1, -0.05) is 30.3 Å². The van der Waals surface area contributed by atoms with Crippen LogP contribution in [0, 0.1) is 0 Å². The van der Waals surface area contributed by atoms with Crippen molar-refractivity contribution in [3.63, 3.8) is 0 Å². The van der Waals surface area contributed by atoms with E-state index in [0.717, 1.165) is 30.8 Å². The van der Waals surface area contributed by atoms with Crippen LogP contribution in [-0.4, -0.2) is 71.4 Å². The summed E-state index contributed by atoms with van der Waals surface area (Å²) in [4.78, 5) is 31.2. The molecule has 1 aliphatic rings. The highest BCUT2D eigenvalue weighted by atomic mass is 16.5. The van der Waals surface area contributed by atoms with E-state index in [1.165, 1.54) is 6.92 Å². The van der Waals surface area contributed by atoms with Crippen molar-refractivity contribution in [2.75, 3.05) is 32.7 Å². The molecule has 1 fully saturated rings. The first kappa shape index (κ1) is 26.6. The lowest BCUT2D eigenvalue weighted by Gasteiger charge is -2.47. The number of carbonyl (C=O) groups is 2. The minimum absolute atomic E-state index is 0.0357. The Morgan fingerprint density at radius 3 is 2.34 bits per heavy atom. The first-order chi connectivity index (χ1) is 16.8. The Labute approximate surface area is 210 Å². The quantitative estimate of drug-likeness (QED) is 0.296. The number of rotatable bonds is 9. The van der Waals surface area contributed by atoms with Crippen LogP contribution in [0.15, 0.2) is 61.2 Å². The summed E-state index contributed by atoms with van der Waals surface area (Å²) < 4.78 is 5.40. The second kappa shape index (κ2) is 12.1. The minimum atomic E-state index is -0.335. The van der Waals surface area contributed by atoms with Gasteiger partial charge in [-0.25, -0.2) is 0 Å². The van der Waals surface area contributed by atoms with Gasteiger partial charge < -0.3 is 9.64 Å². The number of hydrogen-bond acceptors (Lipinski definition) is 5. The topological polar surface area (TPSA) is 53.1 Å². The van der Waals surface area contributed by atoms with Crippen LogP contribution in [0.1, 0.15) is 62.1 Å². The number of esters is 1. The molecule has 1 amide bonds. The summed E-state index contributed by atoms with van der Waals surface area (Å²) in [5.74, 6) is 0.257. The third kappa shape index (κ3) is 6.38. The Morgan fingerprint density at radius 1 is 1.06 bits per heavy atom. The second-order valence-corrected chi connectivity index (χ2v) is 9.31. The van der Waals surface area contributed by atoms with Crippen molar-refractivity contribution >= 4 is 11.9 Å². The standard InChI is InChI=1S/C29H39N3O3/c1-7-17-31-19-22(5)32(20-21(31)4)28(26-11-10-12-27(18-26)35-23(6)33)24-13-15-25(16-14-24)29(34)30(8-2)9-3/h7,10-16,18,21-22,28H,1,8-9,17,19-20H2,2-6H3/t21-,22+,28-/m1/s1. The number of amides is 1. The van der Waals surface area contributed by atoms with E-state index in [2.05, 4.69) is 48.4 Å². The average Bonchev–Trinajstić information content (AvgIpc) is 2.83. The molecule has 0 radical (unpaired) electrons. The van der Waals surface area contributed by atoms with Gasteiger partial charge in [0.15, 0.2) is 0 Å². The first-order valence-electron chi connectivity index (χ1n) is 12.6. The highest BCUT2D eigenvalue weighted by molar-refractivity contribution is 5.94. The van der Waals surface area contributed by atoms with Gasteiger partial charge >= 0.3 is 5.97 Å². The lowest BCUT2D eigenvalue weighted by atomic mass is 9.92. The molecule has 35 heavy (non-hydrogen) atoms. The first-order valence-corrected chi connectivity index (χ1v) is 12.6. The van der Waals surface area contributed by atoms with Gasteiger partial charge in [0.25, 0.3) is 5.91 Å². The monoisotopic (exact) mass is 477 g/mol. The van der Waals surface area contributed by atoms with Gasteiger partial charge in [0.1, 0.15) is 5.75 Å². The van der Waals surface area contributed by atoms with Crippen molar-refractivity contribution in [1.82, 2.24) is 14.7 Å². The molecule has 0 N–H and O–H groups in total. The fourth-order valence-corrected chi connectivity index (χ4v) is 5.00. The maximum atomic E-state index is 12.9. The molecular formula is C29H39N3O3. The maximum absolute atomic E-state index is 12.9. The molecule has 0 bridgehead atoms. The van der Waals surface area contributed by atoms with Crippen LogP contribution in [0.3, 0.4) is 0 Å². The molecule has 2 aromatic rings. The van der Waals surface area contributed by atoms with Crippen molar-refractivity contribution < 1.29 is 14.3 Å². The molecule has 1 heterocycles. The summed E-state index contributed by atoms with van der Waals surface area (Å²) in [6, 6.07) is 16.4. The van der Waals surface area contributed by atoms with Crippen molar-refractivity contribution in [2.45, 2.75) is 52.7 Å². The predicted octanol–water partition coefficient (Wildman–Crippen LogP) is 4.76. The van der Waals surface area contributed by atoms with Gasteiger partial charge in [0, 0.05) is 57.3 Å². The Morgan fingerprint density at radius 2 is 1.74 bits per heavy atom. The van der Waals surface area contributed by atoms with Gasteiger partial charge in [0.05, 0.1) is 6.04 Å². The molecule has 1 aliphatic heterocycles. The van der Waals surface area contributed by atoms with Crippen LogP contribution in [0.4, 0.5) is 0 Å². The van der Waals surface area contributed by atoms with E-state index in [9.17, 15) is 9.59 Å². The number of benzene rings is 2. The Hall–Kier alpha value is -2.96. The van der Waals surface area contributed by atoms with E-state index in [0.29, 0.717) is 36.5 Å². The van der Waals surface area contributed by atoms with Gasteiger partial charge in [-0.05, 0) is 63.1 Å². The van der Waals surface area contributed by atoms with Crippen molar-refractivity contribution in [3.8, 4) is 5.75 Å². The predicted molar refractivity (Wildman–Crippen MR) is 141 cm³/mol. The SMILES string of the molecule is C=CCN1C[C@H](C)N([C@H](c2ccc(C(=O)N(CC)CC)cc2)c2cccc(OC(C)=O)c2)C[C@H]1C. The molecule has 3 rings (SSSR count). The Kier molecular flexibility index (Phi) is 9.24. The number of nitrogens with zero attached hydrogens (tertiary/aromatic N) is 3. The van der Waals surface area contributed by atoms with Gasteiger partial charge in [0.2, 0.25) is 0 Å². The fraction of sp³-hybridized carbons (Fsp3) is 0.448. The molecule has 0 aliphatic carbocycles. The number of hydrogen-bond donors (Lipinski definition) is 0. The summed E-state index contributed by atoms with van der Waals surface area (Å²) in [6.07, 6.45) is 1.96. The molecular weight excluding hydrogens is 438 g/mol. The van der Waals surface area contributed by atoms with Crippen molar-refractivity contribution in [1.29, 1.82) is 0 Å². The third-order valence-electron chi connectivity index (χ3n) is 6.82. The lowest BCUT2D eigenvalue weighted by Crippen LogP contribution is -2.57. The van der Waals surface area contributed by atoms with Crippen molar-refractivity contribution in [2.24, 2.45) is 0 Å². The molecule has 1 saturated heterocycles. The lowest BCUT2D eigenvalue weighted by molar-refractivity contribution is -0.131. The molecule has 0 saturated carbocycles. The number of ether oxygens (including phenoxy) is 1. The molecule has 2 aromatic carbocycles. The summed E-state index contributed by atoms with van der Waals surface area (Å²) >= 11 is 0. The maximum Gasteiger partial charge on any atom is 0.308 e. The molecule has 6 heteroatoms. The molecule has 0 aromatic heterocycles. The van der Waals surface area contributed by atoms with Crippen LogP contribution in [-0.2, 0) is 4.79 Å². The van der Waals surface area contributed by atoms with Crippen LogP contribution in [0.2, 0.25) is 0 Å². The smallest absolute Gasteiger partial charge is 0.308 e. The summed E-state index contributed by atoms with van der Waals surface area (Å²) in [6.45, 7) is 17.9. The minimum Gasteiger partial charge on any atom is -0.427 e. The van der Waals surface area contributed by atoms with E-state index >= 15 is 0 Å². The fourth-order valence-electron chi connectivity index (χ4n) is 5.00. The normalized spacial score (nSPS) is 19.7. The van der Waals surface area contributed by atoms with E-state index in [1.54, 1.807) is 0 Å². The molecule has 3 atom stereocenters. The van der Waals surface area contributed by atoms with E-state index in [1.807, 2.05) is 55.2 Å². The number of carbonyl (C=O) groups excluding carboxylic acids is 2. The van der Waals surface area contributed by atoms with E-state index < -0.39 is 0 Å². The number of piperazine rings is 1. The summed E-state index contributed by atoms with van der Waals surface area (Å²) in [7, 11) is 0. The van der Waals surface area contributed by atoms with Crippen molar-refractivity contribution in [3.05, 3.63) is 77.9 Å². The van der Waals surface area contributed by atoms with Crippen LogP contribution >= 0.6 is 0 Å². The third-order valence-corrected chi connectivity index (χ3v) is 6.82. The Bertz CT molecular complexity index is 1020. The molecule has 188 valence electrons. The average molecular weight is 478 g/mol. The van der Waals surface area contributed by atoms with Gasteiger partial charge in [-0.2, -0.15) is 0 Å². The largest absolute Gasteiger partial charge is 0.427 e. The van der Waals surface area contributed by atoms with E-state index in [-0.39, 0.29) is 17.9 Å². The van der Waals surface area contributed by atoms with Crippen LogP contribution in [0.25, 0.3) is 0 Å². The zero-order valence-corrected chi connectivity index (χ0v) is 21.7. The van der Waals surface area contributed by atoms with Crippen LogP contribution < -0.4 is 4.74 Å². The van der Waals surface area contributed by atoms with Gasteiger partial charge in [-0.15, -0.1) is 6.58 Å². The highest BCUT2D eigenvalue weighted by Crippen LogP contribution is 2.35. The van der Waals surface area contributed by atoms with Gasteiger partial charge in [-0.3, -0.25) is 19.4 Å². The Balaban J connectivity index is 2.00. The summed E-state index contributed by atoms with van der Waals surface area (Å²) in [5.41, 5.74) is 2.86. The van der Waals surface area contributed by atoms with Crippen LogP contribution in [0.5, 0.6) is 5.75 Å². The molecule has 0 spiro atoms. The molecule has 0 unspecified atom stereocenters. The van der Waals surface area contributed by atoms with E-state index in [4.69, 9.17) is 4.74 Å². The summed E-state index contributed by atoms with van der Waals surface area (Å²) in [5, 5.41) is 0.